The number of rotatable bonds is 5. The molecule has 2 atom stereocenters. The third-order valence-electron chi connectivity index (χ3n) is 3.23. The molecule has 1 rings (SSSR count). The predicted molar refractivity (Wildman–Crippen MR) is 64.7 cm³/mol. The van der Waals surface area contributed by atoms with E-state index >= 15 is 0 Å². The summed E-state index contributed by atoms with van der Waals surface area (Å²) in [7, 11) is 0. The number of nitrogens with zero attached hydrogens (tertiary/aromatic N) is 1. The van der Waals surface area contributed by atoms with Crippen molar-refractivity contribution in [3.05, 3.63) is 0 Å². The first-order valence-electron chi connectivity index (χ1n) is 6.22. The number of carboxylic acids is 1. The van der Waals surface area contributed by atoms with Crippen LogP contribution in [0.2, 0.25) is 0 Å². The quantitative estimate of drug-likeness (QED) is 0.744. The summed E-state index contributed by atoms with van der Waals surface area (Å²) >= 11 is 0. The van der Waals surface area contributed by atoms with Gasteiger partial charge in [0.05, 0.1) is 0 Å². The molecular formula is C12H22N2O3. The van der Waals surface area contributed by atoms with Gasteiger partial charge in [0.25, 0.3) is 0 Å². The topological polar surface area (TPSA) is 69.6 Å². The third-order valence-corrected chi connectivity index (χ3v) is 3.23. The van der Waals surface area contributed by atoms with Crippen molar-refractivity contribution in [2.75, 3.05) is 19.6 Å². The molecule has 0 radical (unpaired) electrons. The van der Waals surface area contributed by atoms with Crippen molar-refractivity contribution in [1.29, 1.82) is 0 Å². The Morgan fingerprint density at radius 2 is 2.12 bits per heavy atom. The van der Waals surface area contributed by atoms with Gasteiger partial charge >= 0.3 is 5.97 Å². The van der Waals surface area contributed by atoms with Crippen LogP contribution in [-0.2, 0) is 9.59 Å². The largest absolute Gasteiger partial charge is 0.481 e. The summed E-state index contributed by atoms with van der Waals surface area (Å²) in [4.78, 5) is 23.9. The molecule has 2 unspecified atom stereocenters. The molecule has 5 nitrogen and oxygen atoms in total. The molecule has 0 bridgehead atoms. The van der Waals surface area contributed by atoms with Crippen molar-refractivity contribution in [2.24, 2.45) is 5.92 Å². The van der Waals surface area contributed by atoms with Crippen molar-refractivity contribution < 1.29 is 14.7 Å². The smallest absolute Gasteiger partial charge is 0.303 e. The van der Waals surface area contributed by atoms with E-state index in [1.54, 1.807) is 0 Å². The molecule has 0 aromatic rings. The van der Waals surface area contributed by atoms with Crippen LogP contribution in [-0.4, -0.2) is 47.6 Å². The second-order valence-electron chi connectivity index (χ2n) is 4.78. The molecule has 1 fully saturated rings. The molecule has 1 saturated heterocycles. The van der Waals surface area contributed by atoms with Crippen molar-refractivity contribution >= 4 is 11.9 Å². The SMILES string of the molecule is CCN1CC(CCC(=O)O)CC(NC(C)=O)C1. The number of carboxylic acid groups (broad SMARTS) is 1. The molecule has 0 aromatic heterocycles. The van der Waals surface area contributed by atoms with Crippen LogP contribution in [0.5, 0.6) is 0 Å². The number of aliphatic carboxylic acids is 1. The number of carbonyl (C=O) groups excluding carboxylic acids is 1. The third kappa shape index (κ3) is 5.17. The Balaban J connectivity index is 2.47. The zero-order valence-corrected chi connectivity index (χ0v) is 10.6. The van der Waals surface area contributed by atoms with E-state index in [9.17, 15) is 9.59 Å². The van der Waals surface area contributed by atoms with Crippen LogP contribution in [0.15, 0.2) is 0 Å². The maximum absolute atomic E-state index is 11.1. The lowest BCUT2D eigenvalue weighted by atomic mass is 9.90. The Bertz CT molecular complexity index is 281. The van der Waals surface area contributed by atoms with E-state index in [1.807, 2.05) is 0 Å². The standard InChI is InChI=1S/C12H22N2O3/c1-3-14-7-10(4-5-12(16)17)6-11(8-14)13-9(2)15/h10-11H,3-8H2,1-2H3,(H,13,15)(H,16,17). The summed E-state index contributed by atoms with van der Waals surface area (Å²) in [6.07, 6.45) is 1.81. The lowest BCUT2D eigenvalue weighted by Gasteiger charge is -2.37. The van der Waals surface area contributed by atoms with E-state index in [0.29, 0.717) is 12.3 Å². The minimum Gasteiger partial charge on any atom is -0.481 e. The first-order chi connectivity index (χ1) is 8.01. The molecule has 0 aliphatic carbocycles. The van der Waals surface area contributed by atoms with Crippen molar-refractivity contribution in [1.82, 2.24) is 10.2 Å². The molecule has 98 valence electrons. The van der Waals surface area contributed by atoms with E-state index in [2.05, 4.69) is 17.1 Å². The average Bonchev–Trinajstić information content (AvgIpc) is 2.25. The lowest BCUT2D eigenvalue weighted by molar-refractivity contribution is -0.137. The van der Waals surface area contributed by atoms with Crippen LogP contribution in [0.3, 0.4) is 0 Å². The van der Waals surface area contributed by atoms with E-state index in [1.165, 1.54) is 6.92 Å². The number of hydrogen-bond donors (Lipinski definition) is 2. The van der Waals surface area contributed by atoms with Crippen LogP contribution >= 0.6 is 0 Å². The highest BCUT2D eigenvalue weighted by Gasteiger charge is 2.26. The molecule has 5 heteroatoms. The van der Waals surface area contributed by atoms with Crippen LogP contribution in [0, 0.1) is 5.92 Å². The molecule has 0 aromatic carbocycles. The Kier molecular flexibility index (Phi) is 5.41. The number of carbonyl (C=O) groups is 2. The monoisotopic (exact) mass is 242 g/mol. The number of amides is 1. The zero-order valence-electron chi connectivity index (χ0n) is 10.6. The normalized spacial score (nSPS) is 25.5. The molecular weight excluding hydrogens is 220 g/mol. The van der Waals surface area contributed by atoms with Gasteiger partial charge in [-0.1, -0.05) is 6.92 Å². The number of nitrogens with one attached hydrogen (secondary N) is 1. The molecule has 1 heterocycles. The summed E-state index contributed by atoms with van der Waals surface area (Å²) in [5.41, 5.74) is 0. The van der Waals surface area contributed by atoms with Gasteiger partial charge in [-0.05, 0) is 25.3 Å². The number of likely N-dealkylation sites (N-methyl/N-ethyl adjacent to an activating group) is 1. The fourth-order valence-electron chi connectivity index (χ4n) is 2.49. The number of likely N-dealkylation sites (tertiary alicyclic amines) is 1. The summed E-state index contributed by atoms with van der Waals surface area (Å²) in [6, 6.07) is 0.167. The van der Waals surface area contributed by atoms with Crippen LogP contribution in [0.4, 0.5) is 0 Å². The van der Waals surface area contributed by atoms with Gasteiger partial charge < -0.3 is 15.3 Å². The van der Waals surface area contributed by atoms with E-state index in [-0.39, 0.29) is 18.4 Å². The summed E-state index contributed by atoms with van der Waals surface area (Å²) in [5.74, 6) is -0.378. The highest BCUT2D eigenvalue weighted by atomic mass is 16.4. The van der Waals surface area contributed by atoms with Gasteiger partial charge in [-0.3, -0.25) is 9.59 Å². The zero-order chi connectivity index (χ0) is 12.8. The van der Waals surface area contributed by atoms with Crippen LogP contribution < -0.4 is 5.32 Å². The number of piperidine rings is 1. The molecule has 0 spiro atoms. The summed E-state index contributed by atoms with van der Waals surface area (Å²) in [5, 5.41) is 11.6. The van der Waals surface area contributed by atoms with Crippen molar-refractivity contribution in [3.63, 3.8) is 0 Å². The fraction of sp³-hybridized carbons (Fsp3) is 0.833. The van der Waals surface area contributed by atoms with Gasteiger partial charge in [-0.25, -0.2) is 0 Å². The number of hydrogen-bond acceptors (Lipinski definition) is 3. The van der Waals surface area contributed by atoms with E-state index < -0.39 is 5.97 Å². The fourth-order valence-corrected chi connectivity index (χ4v) is 2.49. The van der Waals surface area contributed by atoms with Gasteiger partial charge in [0.15, 0.2) is 0 Å². The first kappa shape index (κ1) is 14.0. The summed E-state index contributed by atoms with van der Waals surface area (Å²) in [6.45, 7) is 6.38. The average molecular weight is 242 g/mol. The van der Waals surface area contributed by atoms with Crippen molar-refractivity contribution in [3.8, 4) is 0 Å². The van der Waals surface area contributed by atoms with Crippen LogP contribution in [0.1, 0.15) is 33.1 Å². The molecule has 0 saturated carbocycles. The van der Waals surface area contributed by atoms with Gasteiger partial charge in [-0.15, -0.1) is 0 Å². The molecule has 1 aliphatic rings. The molecule has 1 aliphatic heterocycles. The minimum absolute atomic E-state index is 0.00932. The van der Waals surface area contributed by atoms with Crippen molar-refractivity contribution in [2.45, 2.75) is 39.2 Å². The van der Waals surface area contributed by atoms with E-state index in [0.717, 1.165) is 26.1 Å². The van der Waals surface area contributed by atoms with Crippen LogP contribution in [0.25, 0.3) is 0 Å². The highest BCUT2D eigenvalue weighted by molar-refractivity contribution is 5.73. The highest BCUT2D eigenvalue weighted by Crippen LogP contribution is 2.21. The molecule has 1 amide bonds. The van der Waals surface area contributed by atoms with Gasteiger partial charge in [0.1, 0.15) is 0 Å². The molecule has 2 N–H and O–H groups in total. The second kappa shape index (κ2) is 6.59. The Labute approximate surface area is 102 Å². The predicted octanol–water partition coefficient (Wildman–Crippen LogP) is 0.698. The summed E-state index contributed by atoms with van der Waals surface area (Å²) < 4.78 is 0. The van der Waals surface area contributed by atoms with Gasteiger partial charge in [0.2, 0.25) is 5.91 Å². The van der Waals surface area contributed by atoms with Gasteiger partial charge in [0, 0.05) is 32.5 Å². The maximum Gasteiger partial charge on any atom is 0.303 e. The Hall–Kier alpha value is -1.10. The molecule has 17 heavy (non-hydrogen) atoms. The lowest BCUT2D eigenvalue weighted by Crippen LogP contribution is -2.50. The Morgan fingerprint density at radius 3 is 2.65 bits per heavy atom. The van der Waals surface area contributed by atoms with Gasteiger partial charge in [-0.2, -0.15) is 0 Å². The van der Waals surface area contributed by atoms with E-state index in [4.69, 9.17) is 5.11 Å². The maximum atomic E-state index is 11.1. The Morgan fingerprint density at radius 1 is 1.41 bits per heavy atom. The first-order valence-corrected chi connectivity index (χ1v) is 6.22. The minimum atomic E-state index is -0.741. The second-order valence-corrected chi connectivity index (χ2v) is 4.78.